The van der Waals surface area contributed by atoms with Crippen LogP contribution in [-0.4, -0.2) is 29.8 Å². The minimum absolute atomic E-state index is 0.0238. The second-order valence-corrected chi connectivity index (χ2v) is 8.06. The fraction of sp³-hybridized carbons (Fsp3) is 0.333. The molecule has 0 aliphatic carbocycles. The van der Waals surface area contributed by atoms with Crippen molar-refractivity contribution in [2.75, 3.05) is 12.0 Å². The fourth-order valence-corrected chi connectivity index (χ4v) is 2.79. The lowest BCUT2D eigenvalue weighted by molar-refractivity contribution is -0.142. The van der Waals surface area contributed by atoms with Gasteiger partial charge in [-0.15, -0.1) is 0 Å². The molecule has 1 aromatic heterocycles. The monoisotopic (exact) mass is 475 g/mol. The number of hydrogen-bond acceptors (Lipinski definition) is 7. The molecule has 9 heteroatoms. The Morgan fingerprint density at radius 2 is 1.93 bits per heavy atom. The molecule has 0 unspecified atom stereocenters. The van der Waals surface area contributed by atoms with E-state index in [1.54, 1.807) is 39.0 Å². The van der Waals surface area contributed by atoms with Gasteiger partial charge in [0, 0.05) is 17.0 Å². The summed E-state index contributed by atoms with van der Waals surface area (Å²) in [4.78, 5) is 29.8. The van der Waals surface area contributed by atoms with Crippen LogP contribution in [0.15, 0.2) is 34.8 Å². The summed E-state index contributed by atoms with van der Waals surface area (Å²) in [5, 5.41) is 9.21. The minimum Gasteiger partial charge on any atom is -0.480 e. The van der Waals surface area contributed by atoms with Gasteiger partial charge in [-0.2, -0.15) is 10.2 Å². The van der Waals surface area contributed by atoms with Crippen LogP contribution in [0.3, 0.4) is 0 Å². The van der Waals surface area contributed by atoms with Gasteiger partial charge >= 0.3 is 12.1 Å². The Morgan fingerprint density at radius 3 is 2.50 bits per heavy atom. The van der Waals surface area contributed by atoms with Gasteiger partial charge in [-0.25, -0.2) is 9.69 Å². The van der Waals surface area contributed by atoms with Crippen LogP contribution >= 0.6 is 15.9 Å². The summed E-state index contributed by atoms with van der Waals surface area (Å²) in [5.41, 5.74) is 0.574. The maximum absolute atomic E-state index is 13.0. The molecule has 0 N–H and O–H groups in total. The van der Waals surface area contributed by atoms with Crippen molar-refractivity contribution in [2.45, 2.75) is 39.9 Å². The average Bonchev–Trinajstić information content (AvgIpc) is 2.66. The van der Waals surface area contributed by atoms with E-state index in [0.717, 1.165) is 0 Å². The molecule has 0 saturated carbocycles. The third-order valence-corrected chi connectivity index (χ3v) is 4.46. The zero-order chi connectivity index (χ0) is 22.5. The number of anilines is 2. The van der Waals surface area contributed by atoms with E-state index in [4.69, 9.17) is 14.2 Å². The van der Waals surface area contributed by atoms with E-state index in [1.807, 2.05) is 6.07 Å². The van der Waals surface area contributed by atoms with E-state index in [2.05, 4.69) is 20.9 Å². The number of nitriles is 1. The maximum atomic E-state index is 13.0. The van der Waals surface area contributed by atoms with Crippen LogP contribution in [-0.2, 0) is 20.9 Å². The van der Waals surface area contributed by atoms with Gasteiger partial charge in [-0.05, 0) is 51.1 Å². The molecule has 0 bridgehead atoms. The number of nitrogens with zero attached hydrogens (tertiary/aromatic N) is 3. The predicted molar refractivity (Wildman–Crippen MR) is 113 cm³/mol. The highest BCUT2D eigenvalue weighted by Gasteiger charge is 2.27. The molecule has 0 aliphatic rings. The van der Waals surface area contributed by atoms with Crippen LogP contribution in [0.2, 0.25) is 0 Å². The molecule has 2 rings (SSSR count). The molecule has 1 heterocycles. The number of amides is 1. The standard InChI is InChI=1S/C21H22BrN3O5/c1-13(26)29-12-15-10-16(7-8-17(15)22)25(20(27)30-21(2,3)4)18-9-6-14(11-23)19(24-18)28-5/h6-10H,12H2,1-5H3. The first-order chi connectivity index (χ1) is 14.1. The summed E-state index contributed by atoms with van der Waals surface area (Å²) in [5.74, 6) is -0.128. The van der Waals surface area contributed by atoms with Gasteiger partial charge in [0.25, 0.3) is 0 Å². The number of ether oxygens (including phenoxy) is 3. The van der Waals surface area contributed by atoms with Gasteiger partial charge in [-0.3, -0.25) is 4.79 Å². The van der Waals surface area contributed by atoms with Gasteiger partial charge < -0.3 is 14.2 Å². The normalized spacial score (nSPS) is 10.7. The number of aromatic nitrogens is 1. The highest BCUT2D eigenvalue weighted by molar-refractivity contribution is 9.10. The van der Waals surface area contributed by atoms with Crippen molar-refractivity contribution >= 4 is 39.5 Å². The van der Waals surface area contributed by atoms with Crippen LogP contribution < -0.4 is 9.64 Å². The van der Waals surface area contributed by atoms with E-state index < -0.39 is 17.7 Å². The number of hydrogen-bond donors (Lipinski definition) is 0. The highest BCUT2D eigenvalue weighted by atomic mass is 79.9. The van der Waals surface area contributed by atoms with Crippen LogP contribution in [0.25, 0.3) is 0 Å². The second-order valence-electron chi connectivity index (χ2n) is 7.21. The van der Waals surface area contributed by atoms with Crippen molar-refractivity contribution in [3.63, 3.8) is 0 Å². The lowest BCUT2D eigenvalue weighted by Gasteiger charge is -2.27. The highest BCUT2D eigenvalue weighted by Crippen LogP contribution is 2.32. The lowest BCUT2D eigenvalue weighted by Crippen LogP contribution is -2.34. The number of pyridine rings is 1. The Balaban J connectivity index is 2.57. The molecule has 0 radical (unpaired) electrons. The van der Waals surface area contributed by atoms with Gasteiger partial charge in [-0.1, -0.05) is 15.9 Å². The fourth-order valence-electron chi connectivity index (χ4n) is 2.42. The third-order valence-electron chi connectivity index (χ3n) is 3.68. The van der Waals surface area contributed by atoms with Gasteiger partial charge in [0.1, 0.15) is 29.7 Å². The molecule has 8 nitrogen and oxygen atoms in total. The van der Waals surface area contributed by atoms with Crippen LogP contribution in [0.1, 0.15) is 38.8 Å². The van der Waals surface area contributed by atoms with Crippen LogP contribution in [0.5, 0.6) is 5.88 Å². The largest absolute Gasteiger partial charge is 0.480 e. The smallest absolute Gasteiger partial charge is 0.420 e. The van der Waals surface area contributed by atoms with Crippen molar-refractivity contribution in [3.05, 3.63) is 45.9 Å². The SMILES string of the molecule is COc1nc(N(C(=O)OC(C)(C)C)c2ccc(Br)c(COC(C)=O)c2)ccc1C#N. The first-order valence-corrected chi connectivity index (χ1v) is 9.75. The Bertz CT molecular complexity index is 995. The summed E-state index contributed by atoms with van der Waals surface area (Å²) >= 11 is 3.42. The lowest BCUT2D eigenvalue weighted by atomic mass is 10.2. The number of methoxy groups -OCH3 is 1. The molecule has 0 spiro atoms. The molecule has 2 aromatic rings. The van der Waals surface area contributed by atoms with E-state index in [-0.39, 0.29) is 23.9 Å². The molecular formula is C21H22BrN3O5. The maximum Gasteiger partial charge on any atom is 0.420 e. The molecule has 30 heavy (non-hydrogen) atoms. The van der Waals surface area contributed by atoms with E-state index in [9.17, 15) is 14.9 Å². The molecule has 1 amide bonds. The summed E-state index contributed by atoms with van der Waals surface area (Å²) in [6, 6.07) is 10.1. The molecule has 1 aromatic carbocycles. The van der Waals surface area contributed by atoms with Crippen molar-refractivity contribution in [1.29, 1.82) is 5.26 Å². The molecule has 0 fully saturated rings. The second kappa shape index (κ2) is 9.59. The quantitative estimate of drug-likeness (QED) is 0.568. The molecule has 0 aliphatic heterocycles. The predicted octanol–water partition coefficient (Wildman–Crippen LogP) is 4.86. The Labute approximate surface area is 183 Å². The molecule has 0 saturated heterocycles. The van der Waals surface area contributed by atoms with E-state index in [1.165, 1.54) is 31.1 Å². The molecule has 0 atom stereocenters. The number of esters is 1. The Kier molecular flexibility index (Phi) is 7.40. The number of rotatable bonds is 5. The number of carbonyl (C=O) groups is 2. The van der Waals surface area contributed by atoms with Gasteiger partial charge in [0.15, 0.2) is 0 Å². The topological polar surface area (TPSA) is 102 Å². The zero-order valence-corrected chi connectivity index (χ0v) is 18.9. The number of halogens is 1. The average molecular weight is 476 g/mol. The minimum atomic E-state index is -0.748. The number of benzene rings is 1. The van der Waals surface area contributed by atoms with Crippen molar-refractivity contribution in [2.24, 2.45) is 0 Å². The molecule has 158 valence electrons. The van der Waals surface area contributed by atoms with Gasteiger partial charge in [0.05, 0.1) is 12.8 Å². The van der Waals surface area contributed by atoms with Crippen molar-refractivity contribution in [3.8, 4) is 11.9 Å². The summed E-state index contributed by atoms with van der Waals surface area (Å²) in [6.45, 7) is 6.60. The van der Waals surface area contributed by atoms with Crippen LogP contribution in [0.4, 0.5) is 16.3 Å². The first-order valence-electron chi connectivity index (χ1n) is 8.95. The molecular weight excluding hydrogens is 454 g/mol. The summed E-state index contributed by atoms with van der Waals surface area (Å²) < 4.78 is 16.5. The number of carbonyl (C=O) groups excluding carboxylic acids is 2. The van der Waals surface area contributed by atoms with Crippen LogP contribution in [0, 0.1) is 11.3 Å². The van der Waals surface area contributed by atoms with Gasteiger partial charge in [0.2, 0.25) is 5.88 Å². The third kappa shape index (κ3) is 5.94. The zero-order valence-electron chi connectivity index (χ0n) is 17.4. The van der Waals surface area contributed by atoms with Crippen molar-refractivity contribution < 1.29 is 23.8 Å². The summed E-state index contributed by atoms with van der Waals surface area (Å²) in [6.07, 6.45) is -0.664. The van der Waals surface area contributed by atoms with E-state index in [0.29, 0.717) is 15.7 Å². The first kappa shape index (κ1) is 23.2. The van der Waals surface area contributed by atoms with Crippen molar-refractivity contribution in [1.82, 2.24) is 4.98 Å². The van der Waals surface area contributed by atoms with E-state index >= 15 is 0 Å². The Morgan fingerprint density at radius 1 is 1.23 bits per heavy atom. The Hall–Kier alpha value is -3.12. The summed E-state index contributed by atoms with van der Waals surface area (Å²) in [7, 11) is 1.39.